The van der Waals surface area contributed by atoms with Crippen molar-refractivity contribution in [3.05, 3.63) is 114 Å². The Balaban J connectivity index is 1.51. The zero-order chi connectivity index (χ0) is 28.5. The molecular formula is C31H26F3NO4S. The van der Waals surface area contributed by atoms with Crippen LogP contribution in [0.2, 0.25) is 0 Å². The van der Waals surface area contributed by atoms with Gasteiger partial charge in [0.15, 0.2) is 0 Å². The van der Waals surface area contributed by atoms with E-state index in [-0.39, 0.29) is 24.6 Å². The predicted molar refractivity (Wildman–Crippen MR) is 148 cm³/mol. The molecule has 1 amide bonds. The molecule has 4 aromatic carbocycles. The maximum absolute atomic E-state index is 12.5. The van der Waals surface area contributed by atoms with E-state index in [2.05, 4.69) is 16.1 Å². The lowest BCUT2D eigenvalue weighted by atomic mass is 9.98. The standard InChI is InChI=1S/C31H26F3NO4S/c32-31(33,34)39-26-15-12-22(13-16-26)24-14-17-28(40-27-4-2-1-3-5-27)25(20-24)11-8-21-6-9-23(10-7-21)30(38)35-19-18-29(36)37/h1-7,9-10,12-17,20H,8,11,18-19H2,(H,35,38)(H,36,37). The number of rotatable bonds is 11. The first-order valence-electron chi connectivity index (χ1n) is 12.5. The molecule has 0 spiro atoms. The van der Waals surface area contributed by atoms with Crippen LogP contribution < -0.4 is 10.1 Å². The van der Waals surface area contributed by atoms with Crippen LogP contribution in [0.15, 0.2) is 107 Å². The largest absolute Gasteiger partial charge is 0.573 e. The van der Waals surface area contributed by atoms with Crippen LogP contribution in [-0.4, -0.2) is 29.9 Å². The van der Waals surface area contributed by atoms with Crippen molar-refractivity contribution in [2.24, 2.45) is 0 Å². The van der Waals surface area contributed by atoms with Crippen molar-refractivity contribution in [1.29, 1.82) is 0 Å². The maximum atomic E-state index is 12.5. The smallest absolute Gasteiger partial charge is 0.481 e. The van der Waals surface area contributed by atoms with Gasteiger partial charge in [-0.2, -0.15) is 0 Å². The van der Waals surface area contributed by atoms with Gasteiger partial charge in [0, 0.05) is 21.9 Å². The maximum Gasteiger partial charge on any atom is 0.573 e. The molecule has 0 unspecified atom stereocenters. The van der Waals surface area contributed by atoms with Crippen LogP contribution in [-0.2, 0) is 17.6 Å². The molecule has 0 aliphatic carbocycles. The van der Waals surface area contributed by atoms with Crippen LogP contribution in [0.1, 0.15) is 27.9 Å². The molecule has 9 heteroatoms. The van der Waals surface area contributed by atoms with Gasteiger partial charge in [-0.15, -0.1) is 13.2 Å². The summed E-state index contributed by atoms with van der Waals surface area (Å²) in [5.41, 5.74) is 4.20. The minimum atomic E-state index is -4.74. The second-order valence-electron chi connectivity index (χ2n) is 8.91. The quantitative estimate of drug-likeness (QED) is 0.198. The highest BCUT2D eigenvalue weighted by Gasteiger charge is 2.31. The number of ether oxygens (including phenoxy) is 1. The zero-order valence-electron chi connectivity index (χ0n) is 21.3. The van der Waals surface area contributed by atoms with Crippen molar-refractivity contribution in [3.63, 3.8) is 0 Å². The lowest BCUT2D eigenvalue weighted by Crippen LogP contribution is -2.25. The Bertz CT molecular complexity index is 1440. The average molecular weight is 566 g/mol. The SMILES string of the molecule is O=C(O)CCNC(=O)c1ccc(CCc2cc(-c3ccc(OC(F)(F)F)cc3)ccc2Sc2ccccc2)cc1. The molecule has 0 atom stereocenters. The van der Waals surface area contributed by atoms with Crippen molar-refractivity contribution in [1.82, 2.24) is 5.32 Å². The third-order valence-electron chi connectivity index (χ3n) is 5.98. The number of alkyl halides is 3. The number of carboxylic acid groups (broad SMARTS) is 1. The number of hydrogen-bond donors (Lipinski definition) is 2. The first kappa shape index (κ1) is 28.8. The number of nitrogens with one attached hydrogen (secondary N) is 1. The Kier molecular flexibility index (Phi) is 9.50. The molecule has 0 aliphatic heterocycles. The van der Waals surface area contributed by atoms with E-state index in [0.29, 0.717) is 18.4 Å². The number of carbonyl (C=O) groups is 2. The van der Waals surface area contributed by atoms with Crippen LogP contribution in [0.25, 0.3) is 11.1 Å². The van der Waals surface area contributed by atoms with Gasteiger partial charge < -0.3 is 15.2 Å². The molecule has 0 heterocycles. The van der Waals surface area contributed by atoms with Crippen molar-refractivity contribution in [2.75, 3.05) is 6.54 Å². The van der Waals surface area contributed by atoms with E-state index >= 15 is 0 Å². The van der Waals surface area contributed by atoms with Crippen molar-refractivity contribution < 1.29 is 32.6 Å². The number of amides is 1. The lowest BCUT2D eigenvalue weighted by molar-refractivity contribution is -0.274. The fraction of sp³-hybridized carbons (Fsp3) is 0.161. The van der Waals surface area contributed by atoms with E-state index in [1.807, 2.05) is 54.6 Å². The third-order valence-corrected chi connectivity index (χ3v) is 7.10. The number of aryl methyl sites for hydroxylation is 2. The Labute approximate surface area is 234 Å². The molecule has 0 aromatic heterocycles. The Hall–Kier alpha value is -4.24. The Morgan fingerprint density at radius 3 is 2.15 bits per heavy atom. The van der Waals surface area contributed by atoms with Gasteiger partial charge in [0.2, 0.25) is 0 Å². The highest BCUT2D eigenvalue weighted by molar-refractivity contribution is 7.99. The van der Waals surface area contributed by atoms with Crippen molar-refractivity contribution in [2.45, 2.75) is 35.4 Å². The van der Waals surface area contributed by atoms with Crippen LogP contribution in [0.5, 0.6) is 5.75 Å². The molecule has 206 valence electrons. The summed E-state index contributed by atoms with van der Waals surface area (Å²) in [5.74, 6) is -1.57. The van der Waals surface area contributed by atoms with Gasteiger partial charge in [-0.25, -0.2) is 0 Å². The van der Waals surface area contributed by atoms with E-state index in [9.17, 15) is 22.8 Å². The first-order chi connectivity index (χ1) is 19.2. The molecule has 0 fully saturated rings. The number of carbonyl (C=O) groups excluding carboxylic acids is 1. The van der Waals surface area contributed by atoms with E-state index in [4.69, 9.17) is 5.11 Å². The van der Waals surface area contributed by atoms with Crippen molar-refractivity contribution in [3.8, 4) is 16.9 Å². The molecule has 0 radical (unpaired) electrons. The molecule has 4 aromatic rings. The summed E-state index contributed by atoms with van der Waals surface area (Å²) in [4.78, 5) is 25.0. The van der Waals surface area contributed by atoms with Crippen molar-refractivity contribution >= 4 is 23.6 Å². The van der Waals surface area contributed by atoms with E-state index in [1.54, 1.807) is 36.0 Å². The summed E-state index contributed by atoms with van der Waals surface area (Å²) in [7, 11) is 0. The zero-order valence-corrected chi connectivity index (χ0v) is 22.1. The van der Waals surface area contributed by atoms with Gasteiger partial charge in [0.25, 0.3) is 5.91 Å². The third kappa shape index (κ3) is 8.64. The van der Waals surface area contributed by atoms with E-state index < -0.39 is 12.3 Å². The summed E-state index contributed by atoms with van der Waals surface area (Å²) < 4.78 is 41.6. The molecule has 40 heavy (non-hydrogen) atoms. The summed E-state index contributed by atoms with van der Waals surface area (Å²) in [6.07, 6.45) is -3.49. The average Bonchev–Trinajstić information content (AvgIpc) is 2.93. The Morgan fingerprint density at radius 1 is 0.825 bits per heavy atom. The van der Waals surface area contributed by atoms with E-state index in [1.165, 1.54) is 12.1 Å². The van der Waals surface area contributed by atoms with Gasteiger partial charge in [-0.3, -0.25) is 9.59 Å². The monoisotopic (exact) mass is 565 g/mol. The second-order valence-corrected chi connectivity index (χ2v) is 10.0. The molecule has 0 saturated heterocycles. The minimum absolute atomic E-state index is 0.0617. The van der Waals surface area contributed by atoms with Gasteiger partial charge in [-0.1, -0.05) is 66.4 Å². The molecule has 2 N–H and O–H groups in total. The number of halogens is 3. The summed E-state index contributed by atoms with van der Waals surface area (Å²) >= 11 is 1.64. The van der Waals surface area contributed by atoms with Crippen LogP contribution in [0, 0.1) is 0 Å². The first-order valence-corrected chi connectivity index (χ1v) is 13.3. The summed E-state index contributed by atoms with van der Waals surface area (Å²) in [6.45, 7) is 0.0617. The second kappa shape index (κ2) is 13.2. The summed E-state index contributed by atoms with van der Waals surface area (Å²) in [6, 6.07) is 29.0. The molecular weight excluding hydrogens is 539 g/mol. The normalized spacial score (nSPS) is 11.2. The highest BCUT2D eigenvalue weighted by atomic mass is 32.2. The van der Waals surface area contributed by atoms with Crippen LogP contribution >= 0.6 is 11.8 Å². The summed E-state index contributed by atoms with van der Waals surface area (Å²) in [5, 5.41) is 11.3. The van der Waals surface area contributed by atoms with Gasteiger partial charge in [0.05, 0.1) is 6.42 Å². The number of carboxylic acids is 1. The minimum Gasteiger partial charge on any atom is -0.481 e. The molecule has 0 aliphatic rings. The number of benzene rings is 4. The van der Waals surface area contributed by atoms with Gasteiger partial charge in [0.1, 0.15) is 5.75 Å². The van der Waals surface area contributed by atoms with Gasteiger partial charge in [-0.05, 0) is 77.6 Å². The number of aliphatic carboxylic acids is 1. The van der Waals surface area contributed by atoms with Gasteiger partial charge >= 0.3 is 12.3 Å². The molecule has 4 rings (SSSR count). The fourth-order valence-electron chi connectivity index (χ4n) is 4.01. The Morgan fingerprint density at radius 2 is 1.50 bits per heavy atom. The molecule has 0 saturated carbocycles. The number of hydrogen-bond acceptors (Lipinski definition) is 4. The van der Waals surface area contributed by atoms with E-state index in [0.717, 1.165) is 32.0 Å². The lowest BCUT2D eigenvalue weighted by Gasteiger charge is -2.13. The topological polar surface area (TPSA) is 75.6 Å². The highest BCUT2D eigenvalue weighted by Crippen LogP contribution is 2.34. The predicted octanol–water partition coefficient (Wildman–Crippen LogP) is 7.39. The molecule has 5 nitrogen and oxygen atoms in total. The van der Waals surface area contributed by atoms with Crippen LogP contribution in [0.3, 0.4) is 0 Å². The molecule has 0 bridgehead atoms. The fourth-order valence-corrected chi connectivity index (χ4v) is 4.98. The van der Waals surface area contributed by atoms with Crippen LogP contribution in [0.4, 0.5) is 13.2 Å².